The van der Waals surface area contributed by atoms with Crippen molar-refractivity contribution in [2.45, 2.75) is 12.9 Å². The van der Waals surface area contributed by atoms with Crippen molar-refractivity contribution in [1.82, 2.24) is 0 Å². The van der Waals surface area contributed by atoms with E-state index in [0.29, 0.717) is 0 Å². The minimum absolute atomic E-state index is 0.0130. The van der Waals surface area contributed by atoms with Crippen LogP contribution in [0.15, 0.2) is 60.7 Å². The van der Waals surface area contributed by atoms with Crippen molar-refractivity contribution in [2.75, 3.05) is 22.9 Å². The van der Waals surface area contributed by atoms with Crippen molar-refractivity contribution in [3.05, 3.63) is 81.8 Å². The fourth-order valence-electron chi connectivity index (χ4n) is 4.05. The maximum absolute atomic E-state index is 13.7. The Balaban J connectivity index is 1.92. The van der Waals surface area contributed by atoms with Gasteiger partial charge in [-0.3, -0.25) is 0 Å². The third kappa shape index (κ3) is 4.80. The predicted molar refractivity (Wildman–Crippen MR) is 141 cm³/mol. The van der Waals surface area contributed by atoms with E-state index < -0.39 is 12.9 Å². The molecule has 0 atom stereocenters. The first-order valence-electron chi connectivity index (χ1n) is 10.7. The molecule has 0 aliphatic carbocycles. The molecular formula is C26H20Cl2F4N4O. The van der Waals surface area contributed by atoms with Gasteiger partial charge in [0.25, 0.3) is 12.9 Å². The van der Waals surface area contributed by atoms with Gasteiger partial charge in [0.2, 0.25) is 0 Å². The topological polar surface area (TPSA) is 113 Å². The fourth-order valence-corrected chi connectivity index (χ4v) is 4.69. The van der Waals surface area contributed by atoms with E-state index in [2.05, 4.69) is 0 Å². The van der Waals surface area contributed by atoms with Crippen LogP contribution in [0.3, 0.4) is 0 Å². The molecule has 0 bridgehead atoms. The van der Waals surface area contributed by atoms with Crippen LogP contribution in [-0.4, -0.2) is 0 Å². The Kier molecular flexibility index (Phi) is 7.29. The number of alkyl halides is 4. The van der Waals surface area contributed by atoms with Crippen LogP contribution < -0.4 is 27.7 Å². The molecule has 0 aliphatic rings. The van der Waals surface area contributed by atoms with Gasteiger partial charge in [-0.1, -0.05) is 71.7 Å². The Labute approximate surface area is 219 Å². The van der Waals surface area contributed by atoms with E-state index in [0.717, 1.165) is 0 Å². The predicted octanol–water partition coefficient (Wildman–Crippen LogP) is 8.32. The van der Waals surface area contributed by atoms with Gasteiger partial charge in [-0.2, -0.15) is 0 Å². The van der Waals surface area contributed by atoms with E-state index in [1.165, 1.54) is 48.5 Å². The van der Waals surface area contributed by atoms with E-state index in [1.54, 1.807) is 12.1 Å². The molecule has 5 nitrogen and oxygen atoms in total. The lowest BCUT2D eigenvalue weighted by molar-refractivity contribution is 0.151. The third-order valence-corrected chi connectivity index (χ3v) is 6.33. The average Bonchev–Trinajstić information content (AvgIpc) is 2.83. The smallest absolute Gasteiger partial charge is 0.264 e. The summed E-state index contributed by atoms with van der Waals surface area (Å²) in [6, 6.07) is 14.0. The summed E-state index contributed by atoms with van der Waals surface area (Å²) in [6.07, 6.45) is -5.62. The Bertz CT molecular complexity index is 1390. The van der Waals surface area contributed by atoms with Crippen molar-refractivity contribution in [2.24, 2.45) is 0 Å². The number of nitrogens with two attached hydrogens (primary N) is 4. The molecule has 4 aromatic carbocycles. The highest BCUT2D eigenvalue weighted by molar-refractivity contribution is 6.35. The number of ether oxygens (including phenoxy) is 1. The summed E-state index contributed by atoms with van der Waals surface area (Å²) in [5.41, 5.74) is 24.2. The average molecular weight is 551 g/mol. The second-order valence-electron chi connectivity index (χ2n) is 8.01. The lowest BCUT2D eigenvalue weighted by Crippen LogP contribution is -2.06. The Morgan fingerprint density at radius 2 is 0.946 bits per heavy atom. The number of benzene rings is 4. The fraction of sp³-hybridized carbons (Fsp3) is 0.0769. The number of rotatable bonds is 6. The van der Waals surface area contributed by atoms with Crippen molar-refractivity contribution >= 4 is 46.0 Å². The molecule has 0 aliphatic heterocycles. The number of anilines is 4. The van der Waals surface area contributed by atoms with Gasteiger partial charge in [-0.05, 0) is 23.3 Å². The molecule has 0 aromatic heterocycles. The standard InChI is InChI=1S/C26H20Cl2F4N4O/c27-15-9-17(33)23(21(35)19(15)11-5-1-3-7-13(11)25(29)30)37-24-18(34)10-16(28)20(22(24)36)12-6-2-4-8-14(12)26(31)32/h1-10,25-26H,33-36H2. The highest BCUT2D eigenvalue weighted by atomic mass is 35.5. The summed E-state index contributed by atoms with van der Waals surface area (Å²) in [4.78, 5) is 0. The van der Waals surface area contributed by atoms with E-state index in [4.69, 9.17) is 50.9 Å². The first kappa shape index (κ1) is 26.2. The lowest BCUT2D eigenvalue weighted by atomic mass is 9.96. The molecule has 192 valence electrons. The van der Waals surface area contributed by atoms with Crippen LogP contribution in [0.1, 0.15) is 24.0 Å². The summed E-state index contributed by atoms with van der Waals surface area (Å²) in [7, 11) is 0. The van der Waals surface area contributed by atoms with Gasteiger partial charge in [-0.15, -0.1) is 0 Å². The summed E-state index contributed by atoms with van der Waals surface area (Å²) in [5, 5.41) is 0.0260. The molecule has 4 rings (SSSR count). The van der Waals surface area contributed by atoms with E-state index >= 15 is 0 Å². The van der Waals surface area contributed by atoms with Gasteiger partial charge < -0.3 is 27.7 Å². The molecule has 0 spiro atoms. The molecule has 4 aromatic rings. The molecule has 37 heavy (non-hydrogen) atoms. The van der Waals surface area contributed by atoms with Crippen LogP contribution in [0.2, 0.25) is 10.0 Å². The van der Waals surface area contributed by atoms with Crippen LogP contribution in [0.5, 0.6) is 11.5 Å². The molecule has 0 amide bonds. The minimum Gasteiger partial charge on any atom is -0.449 e. The molecule has 11 heteroatoms. The Hall–Kier alpha value is -3.82. The normalized spacial score (nSPS) is 11.4. The van der Waals surface area contributed by atoms with Crippen LogP contribution in [0, 0.1) is 0 Å². The summed E-state index contributed by atoms with van der Waals surface area (Å²) >= 11 is 12.7. The molecular weight excluding hydrogens is 531 g/mol. The quantitative estimate of drug-likeness (QED) is 0.142. The van der Waals surface area contributed by atoms with Gasteiger partial charge in [-0.25, -0.2) is 17.6 Å². The van der Waals surface area contributed by atoms with Crippen LogP contribution in [0.25, 0.3) is 22.3 Å². The lowest BCUT2D eigenvalue weighted by Gasteiger charge is -2.21. The second-order valence-corrected chi connectivity index (χ2v) is 8.82. The number of hydrogen-bond acceptors (Lipinski definition) is 5. The Morgan fingerprint density at radius 3 is 1.30 bits per heavy atom. The van der Waals surface area contributed by atoms with Gasteiger partial charge in [0.15, 0.2) is 11.5 Å². The van der Waals surface area contributed by atoms with Gasteiger partial charge in [0, 0.05) is 22.3 Å². The summed E-state index contributed by atoms with van der Waals surface area (Å²) in [5.74, 6) is -0.311. The van der Waals surface area contributed by atoms with E-state index in [9.17, 15) is 17.6 Å². The maximum atomic E-state index is 13.7. The molecule has 0 saturated heterocycles. The van der Waals surface area contributed by atoms with Crippen molar-refractivity contribution in [1.29, 1.82) is 0 Å². The molecule has 0 fully saturated rings. The second kappa shape index (κ2) is 10.3. The van der Waals surface area contributed by atoms with Crippen LogP contribution in [-0.2, 0) is 0 Å². The Morgan fingerprint density at radius 1 is 0.595 bits per heavy atom. The first-order chi connectivity index (χ1) is 17.5. The zero-order valence-corrected chi connectivity index (χ0v) is 20.4. The third-order valence-electron chi connectivity index (χ3n) is 5.73. The summed E-state index contributed by atoms with van der Waals surface area (Å²) < 4.78 is 60.8. The largest absolute Gasteiger partial charge is 0.449 e. The van der Waals surface area contributed by atoms with Crippen LogP contribution in [0.4, 0.5) is 40.3 Å². The molecule has 8 N–H and O–H groups in total. The molecule has 0 radical (unpaired) electrons. The maximum Gasteiger partial charge on any atom is 0.264 e. The van der Waals surface area contributed by atoms with Gasteiger partial charge in [0.1, 0.15) is 0 Å². The SMILES string of the molecule is Nc1cc(Cl)c(-c2ccccc2C(F)F)c(N)c1Oc1c(N)cc(Cl)c(-c2ccccc2C(F)F)c1N. The first-order valence-corrected chi connectivity index (χ1v) is 11.5. The van der Waals surface area contributed by atoms with Crippen molar-refractivity contribution in [3.8, 4) is 33.8 Å². The van der Waals surface area contributed by atoms with E-state index in [-0.39, 0.29) is 77.7 Å². The van der Waals surface area contributed by atoms with Gasteiger partial charge in [0.05, 0.1) is 32.8 Å². The minimum atomic E-state index is -2.81. The number of hydrogen-bond donors (Lipinski definition) is 4. The monoisotopic (exact) mass is 550 g/mol. The number of nitrogen functional groups attached to an aromatic ring is 4. The zero-order valence-electron chi connectivity index (χ0n) is 18.9. The highest BCUT2D eigenvalue weighted by Gasteiger charge is 2.25. The number of halogens is 6. The molecule has 0 unspecified atom stereocenters. The highest BCUT2D eigenvalue weighted by Crippen LogP contribution is 2.51. The van der Waals surface area contributed by atoms with E-state index in [1.807, 2.05) is 0 Å². The van der Waals surface area contributed by atoms with Gasteiger partial charge >= 0.3 is 0 Å². The van der Waals surface area contributed by atoms with Crippen LogP contribution >= 0.6 is 23.2 Å². The summed E-state index contributed by atoms with van der Waals surface area (Å²) in [6.45, 7) is 0. The van der Waals surface area contributed by atoms with Crippen molar-refractivity contribution < 1.29 is 22.3 Å². The molecule has 0 saturated carbocycles. The zero-order chi connectivity index (χ0) is 27.0. The molecule has 0 heterocycles. The van der Waals surface area contributed by atoms with Crippen molar-refractivity contribution in [3.63, 3.8) is 0 Å².